The molecule has 0 radical (unpaired) electrons. The Kier molecular flexibility index (Phi) is 12.0. The maximum Gasteiger partial charge on any atom is 0.326 e. The maximum atomic E-state index is 13.6. The quantitative estimate of drug-likeness (QED) is 0.202. The van der Waals surface area contributed by atoms with Gasteiger partial charge in [-0.2, -0.15) is 0 Å². The molecule has 8 nitrogen and oxygen atoms in total. The van der Waals surface area contributed by atoms with Crippen LogP contribution in [0.2, 0.25) is 0 Å². The van der Waals surface area contributed by atoms with Crippen LogP contribution < -0.4 is 20.9 Å². The smallest absolute Gasteiger partial charge is 0.326 e. The van der Waals surface area contributed by atoms with Crippen LogP contribution in [-0.2, 0) is 4.79 Å². The number of carbonyl (C=O) groups excluding carboxylic acids is 2. The van der Waals surface area contributed by atoms with Crippen molar-refractivity contribution in [2.45, 2.75) is 98.4 Å². The molecule has 4 N–H and O–H groups in total. The number of aliphatic carboxylic acids is 1. The van der Waals surface area contributed by atoms with Gasteiger partial charge >= 0.3 is 12.0 Å². The van der Waals surface area contributed by atoms with Gasteiger partial charge in [0.1, 0.15) is 6.04 Å². The van der Waals surface area contributed by atoms with Crippen LogP contribution in [0.25, 0.3) is 0 Å². The minimum absolute atomic E-state index is 0.102. The van der Waals surface area contributed by atoms with Crippen molar-refractivity contribution in [2.24, 2.45) is 5.92 Å². The number of carbonyl (C=O) groups is 3. The summed E-state index contributed by atoms with van der Waals surface area (Å²) in [5, 5.41) is 18.6. The molecule has 3 rings (SSSR count). The molecule has 0 aliphatic heterocycles. The zero-order valence-corrected chi connectivity index (χ0v) is 25.4. The summed E-state index contributed by atoms with van der Waals surface area (Å²) in [5.74, 6) is -1.62. The number of hydrogen-bond donors (Lipinski definition) is 4. The van der Waals surface area contributed by atoms with Gasteiger partial charge < -0.3 is 26.0 Å². The third-order valence-corrected chi connectivity index (χ3v) is 8.01. The number of carboxylic acid groups (broad SMARTS) is 1. The fourth-order valence-electron chi connectivity index (χ4n) is 5.81. The van der Waals surface area contributed by atoms with Crippen molar-refractivity contribution in [3.05, 3.63) is 52.6 Å². The van der Waals surface area contributed by atoms with Crippen LogP contribution in [0.5, 0.6) is 0 Å². The Hall–Kier alpha value is -3.55. The van der Waals surface area contributed by atoms with Gasteiger partial charge in [0.25, 0.3) is 5.91 Å². The molecule has 2 aromatic carbocycles. The number of rotatable bonds is 13. The number of nitrogens with one attached hydrogen (secondary N) is 3. The summed E-state index contributed by atoms with van der Waals surface area (Å²) in [6, 6.07) is 8.04. The summed E-state index contributed by atoms with van der Waals surface area (Å²) >= 11 is 0. The number of carboxylic acids is 1. The Morgan fingerprint density at radius 3 is 2.07 bits per heavy atom. The van der Waals surface area contributed by atoms with Gasteiger partial charge in [0.05, 0.1) is 11.3 Å². The van der Waals surface area contributed by atoms with Gasteiger partial charge in [0.2, 0.25) is 0 Å². The summed E-state index contributed by atoms with van der Waals surface area (Å²) < 4.78 is 0. The van der Waals surface area contributed by atoms with Gasteiger partial charge in [-0.1, -0.05) is 63.6 Å². The van der Waals surface area contributed by atoms with Crippen molar-refractivity contribution in [3.8, 4) is 0 Å². The van der Waals surface area contributed by atoms with E-state index in [2.05, 4.69) is 34.7 Å². The lowest BCUT2D eigenvalue weighted by Crippen LogP contribution is -2.46. The fourth-order valence-corrected chi connectivity index (χ4v) is 5.81. The zero-order chi connectivity index (χ0) is 29.9. The molecule has 1 fully saturated rings. The Bertz CT molecular complexity index is 1170. The molecule has 2 aromatic rings. The molecule has 0 heterocycles. The standard InChI is InChI=1S/C33H48N4O4/c1-6-8-17-37(18-9-7-2)26-15-16-27(31(38)35-30(32(39)40)25-13-11-10-12-14-25)28(21-26)34-33(41)36-29-23(4)19-22(3)20-24(29)5/h15-16,19-21,25,30H,6-14,17-18H2,1-5H3,(H,35,38)(H,39,40)(H2,34,36,41)/t30-/m0/s1. The molecule has 224 valence electrons. The average molecular weight is 565 g/mol. The molecule has 0 aromatic heterocycles. The van der Waals surface area contributed by atoms with E-state index in [1.54, 1.807) is 6.07 Å². The first-order valence-corrected chi connectivity index (χ1v) is 15.2. The highest BCUT2D eigenvalue weighted by atomic mass is 16.4. The first kappa shape index (κ1) is 32.0. The highest BCUT2D eigenvalue weighted by molar-refractivity contribution is 6.08. The number of amides is 3. The van der Waals surface area contributed by atoms with Gasteiger partial charge in [0, 0.05) is 24.5 Å². The van der Waals surface area contributed by atoms with Crippen molar-refractivity contribution in [1.29, 1.82) is 0 Å². The molecule has 0 saturated heterocycles. The van der Waals surface area contributed by atoms with Crippen LogP contribution in [0.4, 0.5) is 21.9 Å². The van der Waals surface area contributed by atoms with Crippen LogP contribution in [0.3, 0.4) is 0 Å². The molecular weight excluding hydrogens is 516 g/mol. The van der Waals surface area contributed by atoms with E-state index in [1.807, 2.05) is 45.0 Å². The van der Waals surface area contributed by atoms with E-state index in [4.69, 9.17) is 0 Å². The van der Waals surface area contributed by atoms with Crippen molar-refractivity contribution in [2.75, 3.05) is 28.6 Å². The number of aryl methyl sites for hydroxylation is 3. The summed E-state index contributed by atoms with van der Waals surface area (Å²) in [7, 11) is 0. The number of unbranched alkanes of at least 4 members (excludes halogenated alkanes) is 2. The summed E-state index contributed by atoms with van der Waals surface area (Å²) in [4.78, 5) is 41.3. The van der Waals surface area contributed by atoms with Gasteiger partial charge in [-0.25, -0.2) is 9.59 Å². The monoisotopic (exact) mass is 564 g/mol. The van der Waals surface area contributed by atoms with E-state index < -0.39 is 23.9 Å². The fraction of sp³-hybridized carbons (Fsp3) is 0.545. The normalized spacial score (nSPS) is 14.3. The molecule has 0 bridgehead atoms. The minimum atomic E-state index is -1.02. The van der Waals surface area contributed by atoms with Crippen LogP contribution in [0.15, 0.2) is 30.3 Å². The Labute approximate surface area is 245 Å². The lowest BCUT2D eigenvalue weighted by atomic mass is 9.84. The van der Waals surface area contributed by atoms with E-state index in [0.717, 1.165) is 98.9 Å². The molecule has 8 heteroatoms. The summed E-state index contributed by atoms with van der Waals surface area (Å²) in [5.41, 5.74) is 5.26. The third kappa shape index (κ3) is 8.97. The maximum absolute atomic E-state index is 13.6. The van der Waals surface area contributed by atoms with E-state index >= 15 is 0 Å². The molecular formula is C33H48N4O4. The third-order valence-electron chi connectivity index (χ3n) is 8.01. The summed E-state index contributed by atoms with van der Waals surface area (Å²) in [6.45, 7) is 12.0. The second-order valence-corrected chi connectivity index (χ2v) is 11.5. The molecule has 1 atom stereocenters. The Morgan fingerprint density at radius 1 is 0.902 bits per heavy atom. The molecule has 3 amide bonds. The minimum Gasteiger partial charge on any atom is -0.480 e. The molecule has 1 aliphatic rings. The van der Waals surface area contributed by atoms with Crippen LogP contribution in [0, 0.1) is 26.7 Å². The number of benzene rings is 2. The first-order chi connectivity index (χ1) is 19.6. The predicted octanol–water partition coefficient (Wildman–Crippen LogP) is 7.43. The molecule has 0 unspecified atom stereocenters. The van der Waals surface area contributed by atoms with E-state index in [0.29, 0.717) is 5.69 Å². The van der Waals surface area contributed by atoms with Crippen molar-refractivity contribution in [3.63, 3.8) is 0 Å². The first-order valence-electron chi connectivity index (χ1n) is 15.2. The predicted molar refractivity (Wildman–Crippen MR) is 167 cm³/mol. The van der Waals surface area contributed by atoms with Gasteiger partial charge in [-0.15, -0.1) is 0 Å². The molecule has 1 aliphatic carbocycles. The Balaban J connectivity index is 1.93. The number of nitrogens with zero attached hydrogens (tertiary/aromatic N) is 1. The van der Waals surface area contributed by atoms with Crippen molar-refractivity contribution < 1.29 is 19.5 Å². The number of hydrogen-bond acceptors (Lipinski definition) is 4. The summed E-state index contributed by atoms with van der Waals surface area (Å²) in [6.07, 6.45) is 8.77. The molecule has 0 spiro atoms. The van der Waals surface area contributed by atoms with Gasteiger partial charge in [0.15, 0.2) is 0 Å². The number of urea groups is 1. The van der Waals surface area contributed by atoms with E-state index in [-0.39, 0.29) is 11.5 Å². The molecule has 41 heavy (non-hydrogen) atoms. The van der Waals surface area contributed by atoms with Crippen molar-refractivity contribution in [1.82, 2.24) is 5.32 Å². The van der Waals surface area contributed by atoms with Crippen LogP contribution in [-0.4, -0.2) is 42.1 Å². The molecule has 1 saturated carbocycles. The van der Waals surface area contributed by atoms with E-state index in [1.165, 1.54) is 0 Å². The lowest BCUT2D eigenvalue weighted by molar-refractivity contribution is -0.141. The largest absolute Gasteiger partial charge is 0.480 e. The van der Waals surface area contributed by atoms with Crippen molar-refractivity contribution >= 4 is 35.0 Å². The lowest BCUT2D eigenvalue weighted by Gasteiger charge is -2.29. The SMILES string of the molecule is CCCCN(CCCC)c1ccc(C(=O)N[C@H](C(=O)O)C2CCCCC2)c(NC(=O)Nc2c(C)cc(C)cc2C)c1. The topological polar surface area (TPSA) is 111 Å². The average Bonchev–Trinajstić information content (AvgIpc) is 2.94. The van der Waals surface area contributed by atoms with Crippen LogP contribution >= 0.6 is 0 Å². The van der Waals surface area contributed by atoms with E-state index in [9.17, 15) is 19.5 Å². The number of anilines is 3. The second-order valence-electron chi connectivity index (χ2n) is 11.5. The highest BCUT2D eigenvalue weighted by Crippen LogP contribution is 2.29. The second kappa shape index (κ2) is 15.5. The Morgan fingerprint density at radius 2 is 1.51 bits per heavy atom. The van der Waals surface area contributed by atoms with Crippen LogP contribution in [0.1, 0.15) is 98.7 Å². The van der Waals surface area contributed by atoms with Gasteiger partial charge in [-0.3, -0.25) is 4.79 Å². The van der Waals surface area contributed by atoms with Gasteiger partial charge in [-0.05, 0) is 81.7 Å². The highest BCUT2D eigenvalue weighted by Gasteiger charge is 2.31. The zero-order valence-electron chi connectivity index (χ0n) is 25.4.